The smallest absolute Gasteiger partial charge is 0.315 e. The summed E-state index contributed by atoms with van der Waals surface area (Å²) in [5.41, 5.74) is -1.02. The summed E-state index contributed by atoms with van der Waals surface area (Å²) in [6, 6.07) is 0. The second-order valence-corrected chi connectivity index (χ2v) is 17.9. The molecule has 0 spiro atoms. The van der Waals surface area contributed by atoms with E-state index in [1.807, 2.05) is 6.92 Å². The minimum atomic E-state index is -1.65. The molecule has 10 nitrogen and oxygen atoms in total. The van der Waals surface area contributed by atoms with E-state index < -0.39 is 66.3 Å². The molecular formula is C36H58O10. The molecule has 0 radical (unpaired) electrons. The first-order valence-electron chi connectivity index (χ1n) is 17.5. The van der Waals surface area contributed by atoms with Gasteiger partial charge in [-0.05, 0) is 97.2 Å². The highest BCUT2D eigenvalue weighted by atomic mass is 16.7. The summed E-state index contributed by atoms with van der Waals surface area (Å²) in [4.78, 5) is 14.4. The number of hydrogen-bond acceptors (Lipinski definition) is 10. The number of carbonyl (C=O) groups excluding carboxylic acids is 1. The number of allylic oxidation sites excluding steroid dienone is 2. The number of rotatable bonds is 4. The molecule has 15 atom stereocenters. The lowest BCUT2D eigenvalue weighted by Crippen LogP contribution is -2.68. The summed E-state index contributed by atoms with van der Waals surface area (Å²) < 4.78 is 11.5. The highest BCUT2D eigenvalue weighted by Gasteiger charge is 2.71. The van der Waals surface area contributed by atoms with Crippen molar-refractivity contribution in [1.29, 1.82) is 0 Å². The Balaban J connectivity index is 1.36. The molecule has 1 aliphatic heterocycles. The fourth-order valence-corrected chi connectivity index (χ4v) is 12.1. The van der Waals surface area contributed by atoms with Gasteiger partial charge in [0.05, 0.1) is 30.8 Å². The molecular weight excluding hydrogens is 592 g/mol. The zero-order valence-corrected chi connectivity index (χ0v) is 28.5. The van der Waals surface area contributed by atoms with Gasteiger partial charge in [-0.2, -0.15) is 0 Å². The average molecular weight is 651 g/mol. The van der Waals surface area contributed by atoms with Crippen LogP contribution in [-0.2, 0) is 14.3 Å². The Labute approximate surface area is 273 Å². The van der Waals surface area contributed by atoms with Crippen LogP contribution in [0.2, 0.25) is 0 Å². The molecule has 6 rings (SSSR count). The van der Waals surface area contributed by atoms with Crippen molar-refractivity contribution in [2.24, 2.45) is 50.2 Å². The Morgan fingerprint density at radius 1 is 0.870 bits per heavy atom. The molecule has 0 aromatic carbocycles. The fourth-order valence-electron chi connectivity index (χ4n) is 12.1. The molecule has 4 saturated carbocycles. The molecule has 0 aromatic heterocycles. The topological polar surface area (TPSA) is 177 Å². The van der Waals surface area contributed by atoms with Crippen LogP contribution in [0.25, 0.3) is 0 Å². The number of fused-ring (bicyclic) bond motifs is 7. The van der Waals surface area contributed by atoms with Crippen molar-refractivity contribution in [2.75, 3.05) is 13.2 Å². The summed E-state index contributed by atoms with van der Waals surface area (Å²) in [6.07, 6.45) is -0.357. The van der Waals surface area contributed by atoms with Crippen molar-refractivity contribution in [3.05, 3.63) is 11.6 Å². The maximum Gasteiger partial charge on any atom is 0.315 e. The first-order chi connectivity index (χ1) is 21.3. The van der Waals surface area contributed by atoms with Gasteiger partial charge in [0.2, 0.25) is 6.29 Å². The summed E-state index contributed by atoms with van der Waals surface area (Å²) in [5, 5.41) is 73.8. The second-order valence-electron chi connectivity index (χ2n) is 17.9. The molecule has 262 valence electrons. The normalized spacial score (nSPS) is 54.8. The average Bonchev–Trinajstić information content (AvgIpc) is 3.00. The van der Waals surface area contributed by atoms with Gasteiger partial charge in [-0.3, -0.25) is 4.79 Å². The minimum absolute atomic E-state index is 0.00930. The molecule has 0 amide bonds. The maximum absolute atomic E-state index is 14.4. The molecule has 1 saturated heterocycles. The molecule has 0 aromatic rings. The number of esters is 1. The van der Waals surface area contributed by atoms with Gasteiger partial charge in [-0.15, -0.1) is 0 Å². The zero-order valence-electron chi connectivity index (χ0n) is 28.5. The Bertz CT molecular complexity index is 1240. The molecule has 0 unspecified atom stereocenters. The highest BCUT2D eigenvalue weighted by Crippen LogP contribution is 2.75. The van der Waals surface area contributed by atoms with Crippen LogP contribution in [-0.4, -0.2) is 97.8 Å². The van der Waals surface area contributed by atoms with E-state index in [0.29, 0.717) is 19.3 Å². The van der Waals surface area contributed by atoms with Crippen LogP contribution in [0.4, 0.5) is 0 Å². The first kappa shape index (κ1) is 34.7. The van der Waals surface area contributed by atoms with Crippen LogP contribution in [0, 0.1) is 50.2 Å². The zero-order chi connectivity index (χ0) is 33.8. The summed E-state index contributed by atoms with van der Waals surface area (Å²) in [5.74, 6) is -0.293. The van der Waals surface area contributed by atoms with Crippen molar-refractivity contribution in [1.82, 2.24) is 0 Å². The van der Waals surface area contributed by atoms with Crippen LogP contribution in [0.3, 0.4) is 0 Å². The van der Waals surface area contributed by atoms with E-state index in [0.717, 1.165) is 38.5 Å². The third-order valence-corrected chi connectivity index (χ3v) is 15.2. The van der Waals surface area contributed by atoms with Crippen molar-refractivity contribution in [2.45, 2.75) is 142 Å². The second kappa shape index (κ2) is 11.2. The van der Waals surface area contributed by atoms with E-state index >= 15 is 0 Å². The Morgan fingerprint density at radius 3 is 2.20 bits per heavy atom. The van der Waals surface area contributed by atoms with Gasteiger partial charge < -0.3 is 45.2 Å². The first-order valence-corrected chi connectivity index (χ1v) is 17.5. The Morgan fingerprint density at radius 2 is 1.54 bits per heavy atom. The van der Waals surface area contributed by atoms with Crippen molar-refractivity contribution in [3.8, 4) is 0 Å². The molecule has 1 heterocycles. The van der Waals surface area contributed by atoms with Gasteiger partial charge >= 0.3 is 5.97 Å². The number of aliphatic hydroxyl groups excluding tert-OH is 7. The van der Waals surface area contributed by atoms with E-state index in [1.165, 1.54) is 5.57 Å². The Kier molecular flexibility index (Phi) is 8.46. The van der Waals surface area contributed by atoms with E-state index in [9.17, 15) is 40.5 Å². The molecule has 7 N–H and O–H groups in total. The van der Waals surface area contributed by atoms with Gasteiger partial charge in [0.15, 0.2) is 0 Å². The molecule has 6 aliphatic rings. The monoisotopic (exact) mass is 650 g/mol. The standard InChI is InChI=1S/C36H58O10/c1-31(2)11-13-36(30(44)46-29-27(42)26(41)25(40)22(17-37)45-29)14-12-34(5)19(20(36)15-31)7-8-24-32(3)16-21(39)28(43)33(4,18-38)23(32)9-10-35(24,34)6/h7,20-29,37-43H,8-18H2,1-6H3/t20-,21+,22+,23+,24+,25-,26-,27+,28-,29-,32-,33-,34+,35+,36-/m0/s1. The predicted octanol–water partition coefficient (Wildman–Crippen LogP) is 2.44. The van der Waals surface area contributed by atoms with Crippen LogP contribution >= 0.6 is 0 Å². The predicted molar refractivity (Wildman–Crippen MR) is 168 cm³/mol. The van der Waals surface area contributed by atoms with E-state index in [4.69, 9.17) is 9.47 Å². The van der Waals surface area contributed by atoms with Crippen molar-refractivity contribution in [3.63, 3.8) is 0 Å². The SMILES string of the molecule is CC1(C)CC[C@]2(C(=O)O[C@@H]3O[C@H](CO)[C@H](O)[C@H](O)[C@H]3O)CC[C@]3(C)C(=CC[C@@H]4[C@@]5(C)C[C@@H](O)[C@H](O)[C@@](C)(CO)[C@@H]5CC[C@]43C)[C@@H]2C1. The van der Waals surface area contributed by atoms with Crippen LogP contribution in [0.15, 0.2) is 11.6 Å². The molecule has 0 bridgehead atoms. The third-order valence-electron chi connectivity index (χ3n) is 15.2. The fraction of sp³-hybridized carbons (Fsp3) is 0.917. The highest BCUT2D eigenvalue weighted by molar-refractivity contribution is 5.79. The van der Waals surface area contributed by atoms with E-state index in [1.54, 1.807) is 0 Å². The van der Waals surface area contributed by atoms with E-state index in [2.05, 4.69) is 40.7 Å². The lowest BCUT2D eigenvalue weighted by molar-refractivity contribution is -0.297. The van der Waals surface area contributed by atoms with Crippen molar-refractivity contribution < 1.29 is 50.0 Å². The number of aliphatic hydroxyl groups is 7. The van der Waals surface area contributed by atoms with Crippen LogP contribution < -0.4 is 0 Å². The molecule has 5 fully saturated rings. The van der Waals surface area contributed by atoms with Crippen LogP contribution in [0.5, 0.6) is 0 Å². The largest absolute Gasteiger partial charge is 0.432 e. The van der Waals surface area contributed by atoms with Gasteiger partial charge in [-0.1, -0.05) is 53.2 Å². The summed E-state index contributed by atoms with van der Waals surface area (Å²) in [6.45, 7) is 12.7. The van der Waals surface area contributed by atoms with Crippen molar-refractivity contribution >= 4 is 5.97 Å². The quantitative estimate of drug-likeness (QED) is 0.177. The van der Waals surface area contributed by atoms with Gasteiger partial charge in [0.1, 0.15) is 24.4 Å². The number of hydrogen-bond donors (Lipinski definition) is 7. The summed E-state index contributed by atoms with van der Waals surface area (Å²) in [7, 11) is 0. The third kappa shape index (κ3) is 4.60. The van der Waals surface area contributed by atoms with Crippen LogP contribution in [0.1, 0.15) is 99.3 Å². The van der Waals surface area contributed by atoms with Gasteiger partial charge in [0.25, 0.3) is 0 Å². The molecule has 5 aliphatic carbocycles. The number of ether oxygens (including phenoxy) is 2. The lowest BCUT2D eigenvalue weighted by atomic mass is 9.33. The molecule has 46 heavy (non-hydrogen) atoms. The minimum Gasteiger partial charge on any atom is -0.432 e. The lowest BCUT2D eigenvalue weighted by Gasteiger charge is -2.71. The van der Waals surface area contributed by atoms with E-state index in [-0.39, 0.29) is 46.0 Å². The maximum atomic E-state index is 14.4. The summed E-state index contributed by atoms with van der Waals surface area (Å²) >= 11 is 0. The van der Waals surface area contributed by atoms with Gasteiger partial charge in [0, 0.05) is 5.41 Å². The Hall–Kier alpha value is -1.11. The molecule has 10 heteroatoms. The number of carbonyl (C=O) groups is 1. The van der Waals surface area contributed by atoms with Gasteiger partial charge in [-0.25, -0.2) is 0 Å².